The molecule has 0 fully saturated rings. The van der Waals surface area contributed by atoms with Crippen LogP contribution in [0.4, 0.5) is 4.79 Å². The van der Waals surface area contributed by atoms with E-state index in [0.717, 1.165) is 0 Å². The molecule has 8 heteroatoms. The Morgan fingerprint density at radius 1 is 1.30 bits per heavy atom. The Bertz CT molecular complexity index is 99.9. The van der Waals surface area contributed by atoms with E-state index in [9.17, 15) is 0 Å². The van der Waals surface area contributed by atoms with Crippen molar-refractivity contribution in [1.82, 2.24) is 5.43 Å². The normalized spacial score (nSPS) is 5.70. The van der Waals surface area contributed by atoms with Gasteiger partial charge in [-0.1, -0.05) is 0 Å². The van der Waals surface area contributed by atoms with Crippen LogP contribution in [0.3, 0.4) is 0 Å². The van der Waals surface area contributed by atoms with E-state index in [1.807, 2.05) is 5.43 Å². The number of nitrogens with two attached hydrogens (primary N) is 4. The number of hydrogen-bond acceptors (Lipinski definition) is 3. The lowest BCUT2D eigenvalue weighted by molar-refractivity contribution is 0.256. The Labute approximate surface area is 64.0 Å². The first-order valence-electron chi connectivity index (χ1n) is 1.86. The zero-order valence-electron chi connectivity index (χ0n) is 5.13. The molecule has 0 saturated carbocycles. The van der Waals surface area contributed by atoms with Crippen LogP contribution in [0.5, 0.6) is 0 Å². The van der Waals surface area contributed by atoms with Gasteiger partial charge in [0.1, 0.15) is 0 Å². The highest BCUT2D eigenvalue weighted by Gasteiger charge is 1.66. The zero-order valence-corrected chi connectivity index (χ0v) is 5.94. The summed E-state index contributed by atoms with van der Waals surface area (Å²) in [5.41, 5.74) is 15.0. The summed E-state index contributed by atoms with van der Waals surface area (Å²) in [5.74, 6) is 4.35. The third kappa shape index (κ3) is 365. The first-order valence-corrected chi connectivity index (χ1v) is 1.86. The van der Waals surface area contributed by atoms with Crippen molar-refractivity contribution < 1.29 is 4.79 Å². The molecule has 0 atom stereocenters. The number of nitrogens with one attached hydrogen (secondary N) is 2. The summed E-state index contributed by atoms with van der Waals surface area (Å²) < 4.78 is 0. The van der Waals surface area contributed by atoms with Crippen LogP contribution in [0.25, 0.3) is 0 Å². The molecule has 2 amide bonds. The van der Waals surface area contributed by atoms with E-state index in [4.69, 9.17) is 10.2 Å². The van der Waals surface area contributed by atoms with Gasteiger partial charge in [0, 0.05) is 0 Å². The number of carbonyl (C=O) groups is 1. The fourth-order valence-corrected chi connectivity index (χ4v) is 0. The molecule has 10 heavy (non-hydrogen) atoms. The summed E-state index contributed by atoms with van der Waals surface area (Å²) in [6.45, 7) is 0. The smallest absolute Gasteiger partial charge is 0.309 e. The number of amides is 2. The standard InChI is InChI=1S/CH6N4.CH4N2O.ClH/c2-1(3)5-4;2-1(3)4;/h4H2,(H4,2,3,5);(H4,2,3,4);1H. The van der Waals surface area contributed by atoms with Gasteiger partial charge in [0.25, 0.3) is 0 Å². The van der Waals surface area contributed by atoms with Crippen molar-refractivity contribution in [2.45, 2.75) is 0 Å². The fourth-order valence-electron chi connectivity index (χ4n) is 0. The van der Waals surface area contributed by atoms with Crippen molar-refractivity contribution >= 4 is 24.4 Å². The Morgan fingerprint density at radius 3 is 1.40 bits per heavy atom. The molecule has 0 radical (unpaired) electrons. The topological polar surface area (TPSA) is 157 Å². The second-order valence-electron chi connectivity index (χ2n) is 0.960. The predicted molar refractivity (Wildman–Crippen MR) is 40.3 cm³/mol. The van der Waals surface area contributed by atoms with Crippen molar-refractivity contribution in [2.75, 3.05) is 0 Å². The molecule has 7 nitrogen and oxygen atoms in total. The Balaban J connectivity index is -0.0000000910. The molecule has 0 aliphatic carbocycles. The van der Waals surface area contributed by atoms with Crippen LogP contribution in [-0.4, -0.2) is 12.0 Å². The minimum Gasteiger partial charge on any atom is -0.369 e. The maximum Gasteiger partial charge on any atom is 0.309 e. The second kappa shape index (κ2) is 10.7. The number of rotatable bonds is 0. The molecule has 62 valence electrons. The highest BCUT2D eigenvalue weighted by atomic mass is 35.5. The fraction of sp³-hybridized carbons (Fsp3) is 0. The molecule has 10 N–H and O–H groups in total. The van der Waals surface area contributed by atoms with Crippen LogP contribution in [0.1, 0.15) is 0 Å². The SMILES string of the molecule is Cl.N=C(N)NN.NC(N)=O. The minimum absolute atomic E-state index is 0. The average Bonchev–Trinajstić information content (AvgIpc) is 1.65. The number of halogens is 1. The predicted octanol–water partition coefficient (Wildman–Crippen LogP) is -2.21. The van der Waals surface area contributed by atoms with Gasteiger partial charge in [-0.05, 0) is 0 Å². The van der Waals surface area contributed by atoms with Gasteiger partial charge in [-0.25, -0.2) is 10.6 Å². The van der Waals surface area contributed by atoms with Gasteiger partial charge in [-0.2, -0.15) is 0 Å². The van der Waals surface area contributed by atoms with E-state index in [2.05, 4.69) is 23.0 Å². The van der Waals surface area contributed by atoms with Gasteiger partial charge in [0.05, 0.1) is 0 Å². The summed E-state index contributed by atoms with van der Waals surface area (Å²) in [5, 5.41) is 6.28. The van der Waals surface area contributed by atoms with E-state index in [0.29, 0.717) is 0 Å². The third-order valence-electron chi connectivity index (χ3n) is 0.156. The lowest BCUT2D eigenvalue weighted by Crippen LogP contribution is -2.35. The molecule has 0 bridgehead atoms. The van der Waals surface area contributed by atoms with Gasteiger partial charge in [-0.3, -0.25) is 10.8 Å². The van der Waals surface area contributed by atoms with Crippen LogP contribution in [0, 0.1) is 5.41 Å². The molecular weight excluding hydrogens is 160 g/mol. The van der Waals surface area contributed by atoms with Crippen molar-refractivity contribution in [2.24, 2.45) is 23.0 Å². The Morgan fingerprint density at radius 2 is 1.40 bits per heavy atom. The largest absolute Gasteiger partial charge is 0.369 e. The maximum absolute atomic E-state index is 9.00. The summed E-state index contributed by atoms with van der Waals surface area (Å²) in [6, 6.07) is -0.833. The lowest BCUT2D eigenvalue weighted by Gasteiger charge is -1.85. The van der Waals surface area contributed by atoms with Crippen LogP contribution in [-0.2, 0) is 0 Å². The van der Waals surface area contributed by atoms with Gasteiger partial charge in [-0.15, -0.1) is 12.4 Å². The van der Waals surface area contributed by atoms with Crippen LogP contribution in [0.15, 0.2) is 0 Å². The molecule has 0 saturated heterocycles. The highest BCUT2D eigenvalue weighted by molar-refractivity contribution is 5.85. The summed E-state index contributed by atoms with van der Waals surface area (Å²) >= 11 is 0. The summed E-state index contributed by atoms with van der Waals surface area (Å²) in [7, 11) is 0. The van der Waals surface area contributed by atoms with E-state index in [-0.39, 0.29) is 18.4 Å². The first kappa shape index (κ1) is 15.9. The van der Waals surface area contributed by atoms with Crippen molar-refractivity contribution in [3.05, 3.63) is 0 Å². The molecule has 0 heterocycles. The number of hydrogen-bond donors (Lipinski definition) is 6. The van der Waals surface area contributed by atoms with Crippen LogP contribution < -0.4 is 28.5 Å². The van der Waals surface area contributed by atoms with Crippen LogP contribution >= 0.6 is 12.4 Å². The molecule has 0 aliphatic rings. The van der Waals surface area contributed by atoms with Crippen LogP contribution in [0.2, 0.25) is 0 Å². The Kier molecular flexibility index (Phi) is 17.0. The summed E-state index contributed by atoms with van der Waals surface area (Å²) in [6.07, 6.45) is 0. The second-order valence-corrected chi connectivity index (χ2v) is 0.960. The van der Waals surface area contributed by atoms with E-state index in [1.54, 1.807) is 0 Å². The lowest BCUT2D eigenvalue weighted by atomic mass is 11.1. The quantitative estimate of drug-likeness (QED) is 0.105. The van der Waals surface area contributed by atoms with E-state index >= 15 is 0 Å². The van der Waals surface area contributed by atoms with E-state index in [1.165, 1.54) is 0 Å². The Hall–Kier alpha value is -1.21. The monoisotopic (exact) mass is 170 g/mol. The molecule has 0 spiro atoms. The maximum atomic E-state index is 9.00. The molecule has 0 aromatic rings. The summed E-state index contributed by atoms with van der Waals surface area (Å²) in [4.78, 5) is 9.00. The number of carbonyl (C=O) groups excluding carboxylic acids is 1. The molecular formula is C2H11ClN6O. The third-order valence-corrected chi connectivity index (χ3v) is 0.156. The molecule has 0 rings (SSSR count). The number of primary amides is 2. The van der Waals surface area contributed by atoms with Crippen molar-refractivity contribution in [3.8, 4) is 0 Å². The first-order chi connectivity index (χ1) is 4.00. The highest BCUT2D eigenvalue weighted by Crippen LogP contribution is 1.26. The van der Waals surface area contributed by atoms with Crippen molar-refractivity contribution in [1.29, 1.82) is 5.41 Å². The molecule has 0 aromatic carbocycles. The van der Waals surface area contributed by atoms with Gasteiger partial charge in [0.15, 0.2) is 5.96 Å². The molecule has 0 aromatic heterocycles. The van der Waals surface area contributed by atoms with Gasteiger partial charge in [0.2, 0.25) is 0 Å². The number of guanidine groups is 1. The molecule has 0 aliphatic heterocycles. The molecule has 0 unspecified atom stereocenters. The minimum atomic E-state index is -0.833. The van der Waals surface area contributed by atoms with E-state index < -0.39 is 6.03 Å². The van der Waals surface area contributed by atoms with Gasteiger partial charge >= 0.3 is 6.03 Å². The van der Waals surface area contributed by atoms with Crippen molar-refractivity contribution in [3.63, 3.8) is 0 Å². The average molecular weight is 171 g/mol. The zero-order chi connectivity index (χ0) is 7.86. The number of hydrazine groups is 1. The van der Waals surface area contributed by atoms with Gasteiger partial charge < -0.3 is 17.2 Å². The number of urea groups is 1.